The molecule has 1 saturated heterocycles. The summed E-state index contributed by atoms with van der Waals surface area (Å²) in [5.74, 6) is -0.0647. The third-order valence-corrected chi connectivity index (χ3v) is 6.94. The number of ketones is 1. The Morgan fingerprint density at radius 2 is 1.45 bits per heavy atom. The average molecular weight is 523 g/mol. The average Bonchev–Trinajstić information content (AvgIpc) is 3.19. The first-order valence-corrected chi connectivity index (χ1v) is 13.8. The van der Waals surface area contributed by atoms with Gasteiger partial charge >= 0.3 is 0 Å². The standard InChI is InChI=1S/C31H42N2O5/c1-5-8-19-32(20-9-6-2)21-10-22-33-28(23-11-17-26(18-12-23)38-7-3)27(30(35)31(33)36)29(34)24-13-15-25(37-4)16-14-24/h11-18,28,34H,5-10,19-22H2,1-4H3/t28-/m0/s1. The Balaban J connectivity index is 1.92. The second kappa shape index (κ2) is 14.6. The van der Waals surface area contributed by atoms with Crippen molar-refractivity contribution < 1.29 is 24.2 Å². The summed E-state index contributed by atoms with van der Waals surface area (Å²) in [5, 5.41) is 11.3. The number of aliphatic hydroxyl groups is 1. The number of hydrogen-bond donors (Lipinski definition) is 1. The molecule has 206 valence electrons. The van der Waals surface area contributed by atoms with Crippen LogP contribution in [0.2, 0.25) is 0 Å². The first-order valence-electron chi connectivity index (χ1n) is 13.8. The van der Waals surface area contributed by atoms with Gasteiger partial charge < -0.3 is 24.4 Å². The molecule has 7 nitrogen and oxygen atoms in total. The number of nitrogens with zero attached hydrogens (tertiary/aromatic N) is 2. The molecule has 1 atom stereocenters. The van der Waals surface area contributed by atoms with Crippen LogP contribution >= 0.6 is 0 Å². The van der Waals surface area contributed by atoms with Crippen molar-refractivity contribution in [2.45, 2.75) is 58.9 Å². The smallest absolute Gasteiger partial charge is 0.295 e. The van der Waals surface area contributed by atoms with E-state index in [2.05, 4.69) is 18.7 Å². The van der Waals surface area contributed by atoms with E-state index in [0.29, 0.717) is 30.2 Å². The molecular formula is C31H42N2O5. The van der Waals surface area contributed by atoms with Crippen LogP contribution in [0.15, 0.2) is 54.1 Å². The highest BCUT2D eigenvalue weighted by Crippen LogP contribution is 2.40. The summed E-state index contributed by atoms with van der Waals surface area (Å²) in [7, 11) is 1.57. The maximum Gasteiger partial charge on any atom is 0.295 e. The number of benzene rings is 2. The van der Waals surface area contributed by atoms with E-state index < -0.39 is 17.7 Å². The topological polar surface area (TPSA) is 79.3 Å². The van der Waals surface area contributed by atoms with Gasteiger partial charge in [0.05, 0.1) is 25.3 Å². The minimum Gasteiger partial charge on any atom is -0.507 e. The lowest BCUT2D eigenvalue weighted by Gasteiger charge is -2.27. The molecule has 7 heteroatoms. The van der Waals surface area contributed by atoms with Gasteiger partial charge in [-0.05, 0) is 87.8 Å². The molecule has 3 rings (SSSR count). The second-order valence-electron chi connectivity index (χ2n) is 9.63. The van der Waals surface area contributed by atoms with Gasteiger partial charge in [0, 0.05) is 12.1 Å². The van der Waals surface area contributed by atoms with Crippen molar-refractivity contribution in [2.24, 2.45) is 0 Å². The lowest BCUT2D eigenvalue weighted by Crippen LogP contribution is -2.34. The third-order valence-electron chi connectivity index (χ3n) is 6.94. The molecule has 1 amide bonds. The van der Waals surface area contributed by atoms with Crippen molar-refractivity contribution in [3.05, 3.63) is 65.2 Å². The number of unbranched alkanes of at least 4 members (excludes halogenated alkanes) is 2. The van der Waals surface area contributed by atoms with Crippen LogP contribution in [0.4, 0.5) is 0 Å². The van der Waals surface area contributed by atoms with Gasteiger partial charge in [0.1, 0.15) is 17.3 Å². The normalized spacial score (nSPS) is 16.9. The van der Waals surface area contributed by atoms with Crippen LogP contribution in [-0.2, 0) is 9.59 Å². The number of likely N-dealkylation sites (tertiary alicyclic amines) is 1. The first kappa shape index (κ1) is 29.2. The molecule has 0 spiro atoms. The molecule has 0 aromatic heterocycles. The molecule has 1 aliphatic heterocycles. The molecule has 2 aromatic rings. The predicted molar refractivity (Wildman–Crippen MR) is 150 cm³/mol. The zero-order chi connectivity index (χ0) is 27.5. The molecule has 2 aromatic carbocycles. The number of carbonyl (C=O) groups is 2. The number of hydrogen-bond acceptors (Lipinski definition) is 6. The Morgan fingerprint density at radius 3 is 2.00 bits per heavy atom. The van der Waals surface area contributed by atoms with E-state index in [-0.39, 0.29) is 11.3 Å². The van der Waals surface area contributed by atoms with Gasteiger partial charge in [-0.15, -0.1) is 0 Å². The molecular weight excluding hydrogens is 480 g/mol. The van der Waals surface area contributed by atoms with Crippen molar-refractivity contribution in [3.8, 4) is 11.5 Å². The minimum absolute atomic E-state index is 0.109. The van der Waals surface area contributed by atoms with Crippen LogP contribution in [0.5, 0.6) is 11.5 Å². The molecule has 1 heterocycles. The second-order valence-corrected chi connectivity index (χ2v) is 9.63. The fraction of sp³-hybridized carbons (Fsp3) is 0.484. The van der Waals surface area contributed by atoms with E-state index in [1.165, 1.54) is 0 Å². The van der Waals surface area contributed by atoms with E-state index in [1.54, 1.807) is 36.3 Å². The van der Waals surface area contributed by atoms with Gasteiger partial charge in [-0.25, -0.2) is 0 Å². The van der Waals surface area contributed by atoms with Crippen molar-refractivity contribution in [1.82, 2.24) is 9.80 Å². The maximum atomic E-state index is 13.3. The summed E-state index contributed by atoms with van der Waals surface area (Å²) in [5.41, 5.74) is 1.33. The Kier molecular flexibility index (Phi) is 11.2. The summed E-state index contributed by atoms with van der Waals surface area (Å²) in [6.45, 7) is 10.2. The Morgan fingerprint density at radius 1 is 0.868 bits per heavy atom. The minimum atomic E-state index is -0.674. The van der Waals surface area contributed by atoms with Crippen molar-refractivity contribution in [3.63, 3.8) is 0 Å². The van der Waals surface area contributed by atoms with Gasteiger partial charge in [0.25, 0.3) is 11.7 Å². The fourth-order valence-electron chi connectivity index (χ4n) is 4.84. The zero-order valence-electron chi connectivity index (χ0n) is 23.2. The number of carbonyl (C=O) groups excluding carboxylic acids is 2. The summed E-state index contributed by atoms with van der Waals surface area (Å²) in [6.07, 6.45) is 5.31. The highest BCUT2D eigenvalue weighted by atomic mass is 16.5. The summed E-state index contributed by atoms with van der Waals surface area (Å²) >= 11 is 0. The molecule has 0 unspecified atom stereocenters. The summed E-state index contributed by atoms with van der Waals surface area (Å²) in [6, 6.07) is 13.6. The highest BCUT2D eigenvalue weighted by Gasteiger charge is 2.45. The highest BCUT2D eigenvalue weighted by molar-refractivity contribution is 6.46. The van der Waals surface area contributed by atoms with Gasteiger partial charge in [0.2, 0.25) is 0 Å². The lowest BCUT2D eigenvalue weighted by atomic mass is 9.95. The number of methoxy groups -OCH3 is 1. The fourth-order valence-corrected chi connectivity index (χ4v) is 4.84. The zero-order valence-corrected chi connectivity index (χ0v) is 23.2. The Bertz CT molecular complexity index is 1070. The van der Waals surface area contributed by atoms with Gasteiger partial charge in [-0.3, -0.25) is 9.59 Å². The number of rotatable bonds is 15. The number of amides is 1. The molecule has 0 saturated carbocycles. The Hall–Kier alpha value is -3.32. The number of aliphatic hydroxyl groups excluding tert-OH is 1. The van der Waals surface area contributed by atoms with Gasteiger partial charge in [0.15, 0.2) is 0 Å². The molecule has 0 aliphatic carbocycles. The maximum absolute atomic E-state index is 13.3. The molecule has 38 heavy (non-hydrogen) atoms. The van der Waals surface area contributed by atoms with E-state index in [9.17, 15) is 14.7 Å². The van der Waals surface area contributed by atoms with Gasteiger partial charge in [-0.1, -0.05) is 38.8 Å². The van der Waals surface area contributed by atoms with E-state index in [0.717, 1.165) is 57.3 Å². The van der Waals surface area contributed by atoms with Crippen molar-refractivity contribution in [1.29, 1.82) is 0 Å². The van der Waals surface area contributed by atoms with Crippen LogP contribution in [-0.4, -0.2) is 66.5 Å². The molecule has 1 aliphatic rings. The number of Topliss-reactive ketones (excluding diaryl/α,β-unsaturated/α-hetero) is 1. The van der Waals surface area contributed by atoms with Crippen LogP contribution < -0.4 is 9.47 Å². The Labute approximate surface area is 227 Å². The molecule has 0 bridgehead atoms. The van der Waals surface area contributed by atoms with Crippen molar-refractivity contribution >= 4 is 17.4 Å². The van der Waals surface area contributed by atoms with E-state index >= 15 is 0 Å². The molecule has 1 fully saturated rings. The van der Waals surface area contributed by atoms with E-state index in [4.69, 9.17) is 9.47 Å². The monoisotopic (exact) mass is 522 g/mol. The van der Waals surface area contributed by atoms with Crippen LogP contribution in [0.1, 0.15) is 70.0 Å². The third kappa shape index (κ3) is 7.16. The van der Waals surface area contributed by atoms with Crippen LogP contribution in [0, 0.1) is 0 Å². The summed E-state index contributed by atoms with van der Waals surface area (Å²) in [4.78, 5) is 30.7. The van der Waals surface area contributed by atoms with Crippen LogP contribution in [0.25, 0.3) is 5.76 Å². The number of ether oxygens (including phenoxy) is 2. The molecule has 1 N–H and O–H groups in total. The van der Waals surface area contributed by atoms with Crippen LogP contribution in [0.3, 0.4) is 0 Å². The predicted octanol–water partition coefficient (Wildman–Crippen LogP) is 5.81. The first-order chi connectivity index (χ1) is 18.4. The van der Waals surface area contributed by atoms with Crippen molar-refractivity contribution in [2.75, 3.05) is 39.9 Å². The SMILES string of the molecule is CCCCN(CCCC)CCCN1C(=O)C(=O)C(=C(O)c2ccc(OC)cc2)[C@@H]1c1ccc(OCC)cc1. The largest absolute Gasteiger partial charge is 0.507 e. The lowest BCUT2D eigenvalue weighted by molar-refractivity contribution is -0.140. The van der Waals surface area contributed by atoms with E-state index in [1.807, 2.05) is 31.2 Å². The summed E-state index contributed by atoms with van der Waals surface area (Å²) < 4.78 is 10.8. The quantitative estimate of drug-likeness (QED) is 0.181. The van der Waals surface area contributed by atoms with Gasteiger partial charge in [-0.2, -0.15) is 0 Å². The molecule has 0 radical (unpaired) electrons.